The summed E-state index contributed by atoms with van der Waals surface area (Å²) >= 11 is 2.56. The minimum absolute atomic E-state index is 0.0699. The number of carbonyl (C=O) groups is 2. The largest absolute Gasteiger partial charge is 0.459 e. The zero-order valence-corrected chi connectivity index (χ0v) is 22.1. The summed E-state index contributed by atoms with van der Waals surface area (Å²) in [4.78, 5) is 45.2. The van der Waals surface area contributed by atoms with Gasteiger partial charge in [0.05, 0.1) is 22.8 Å². The van der Waals surface area contributed by atoms with Gasteiger partial charge in [-0.3, -0.25) is 9.59 Å². The minimum Gasteiger partial charge on any atom is -0.459 e. The molecule has 4 aromatic rings. The molecule has 0 aliphatic rings. The third-order valence-corrected chi connectivity index (χ3v) is 7.14. The number of fused-ring (bicyclic) bond motifs is 1. The monoisotopic (exact) mass is 521 g/mol. The van der Waals surface area contributed by atoms with Crippen molar-refractivity contribution in [2.45, 2.75) is 44.9 Å². The molecule has 2 aromatic heterocycles. The maximum Gasteiger partial charge on any atom is 0.338 e. The summed E-state index contributed by atoms with van der Waals surface area (Å²) in [5.74, 6) is -0.154. The molecule has 2 N–H and O–H groups in total. The summed E-state index contributed by atoms with van der Waals surface area (Å²) in [6.07, 6.45) is -0.204. The zero-order chi connectivity index (χ0) is 25.8. The number of hydrogen-bond acceptors (Lipinski definition) is 7. The molecule has 0 aliphatic heterocycles. The standard InChI is InChI=1S/C27H27N3O4S2/c1-15(2)17-5-7-18(8-6-17)21-13-35-25-23(21)24(32)29-27(30-25)36-14-22(31)28-20-11-9-19(10-12-20)26(33)34-16(3)4/h5-13,15-16H,14H2,1-4H3,(H,28,31)(H,29,30,32). The number of anilines is 1. The number of hydrogen-bond donors (Lipinski definition) is 2. The first-order valence-electron chi connectivity index (χ1n) is 11.6. The third-order valence-electron chi connectivity index (χ3n) is 5.40. The second kappa shape index (κ2) is 11.1. The maximum atomic E-state index is 12.9. The average molecular weight is 522 g/mol. The Balaban J connectivity index is 1.41. The number of ether oxygens (including phenoxy) is 1. The van der Waals surface area contributed by atoms with Crippen LogP contribution < -0.4 is 10.9 Å². The molecule has 0 atom stereocenters. The lowest BCUT2D eigenvalue weighted by Gasteiger charge is -2.09. The summed E-state index contributed by atoms with van der Waals surface area (Å²) < 4.78 is 5.16. The number of amides is 1. The Morgan fingerprint density at radius 3 is 2.39 bits per heavy atom. The van der Waals surface area contributed by atoms with E-state index >= 15 is 0 Å². The Hall–Kier alpha value is -3.43. The van der Waals surface area contributed by atoms with Crippen molar-refractivity contribution in [3.8, 4) is 11.1 Å². The minimum atomic E-state index is -0.409. The fraction of sp³-hybridized carbons (Fsp3) is 0.259. The fourth-order valence-electron chi connectivity index (χ4n) is 3.56. The first kappa shape index (κ1) is 25.7. The molecule has 4 rings (SSSR count). The van der Waals surface area contributed by atoms with E-state index in [4.69, 9.17) is 4.74 Å². The molecule has 2 heterocycles. The molecule has 0 fully saturated rings. The molecule has 1 amide bonds. The van der Waals surface area contributed by atoms with Crippen LogP contribution in [0, 0.1) is 0 Å². The zero-order valence-electron chi connectivity index (χ0n) is 20.5. The van der Waals surface area contributed by atoms with Gasteiger partial charge in [0.1, 0.15) is 4.83 Å². The van der Waals surface area contributed by atoms with Gasteiger partial charge in [0, 0.05) is 16.6 Å². The van der Waals surface area contributed by atoms with E-state index in [1.807, 2.05) is 17.5 Å². The van der Waals surface area contributed by atoms with Gasteiger partial charge in [0.2, 0.25) is 5.91 Å². The van der Waals surface area contributed by atoms with E-state index in [0.717, 1.165) is 22.9 Å². The quantitative estimate of drug-likeness (QED) is 0.166. The molecule has 7 nitrogen and oxygen atoms in total. The number of esters is 1. The first-order chi connectivity index (χ1) is 17.2. The maximum absolute atomic E-state index is 12.9. The molecule has 0 unspecified atom stereocenters. The molecule has 0 saturated carbocycles. The lowest BCUT2D eigenvalue weighted by atomic mass is 9.99. The average Bonchev–Trinajstić information content (AvgIpc) is 3.27. The van der Waals surface area contributed by atoms with Gasteiger partial charge in [-0.25, -0.2) is 9.78 Å². The van der Waals surface area contributed by atoms with E-state index in [2.05, 4.69) is 41.3 Å². The third kappa shape index (κ3) is 6.03. The van der Waals surface area contributed by atoms with Crippen LogP contribution in [0.25, 0.3) is 21.3 Å². The molecule has 2 aromatic carbocycles. The van der Waals surface area contributed by atoms with Gasteiger partial charge in [-0.2, -0.15) is 0 Å². The Morgan fingerprint density at radius 2 is 1.75 bits per heavy atom. The van der Waals surface area contributed by atoms with Gasteiger partial charge in [0.25, 0.3) is 5.56 Å². The molecule has 0 radical (unpaired) electrons. The normalized spacial score (nSPS) is 11.3. The van der Waals surface area contributed by atoms with Crippen LogP contribution in [-0.4, -0.2) is 33.7 Å². The van der Waals surface area contributed by atoms with Crippen LogP contribution in [0.4, 0.5) is 5.69 Å². The van der Waals surface area contributed by atoms with E-state index in [9.17, 15) is 14.4 Å². The van der Waals surface area contributed by atoms with Crippen molar-refractivity contribution in [2.75, 3.05) is 11.1 Å². The number of aromatic nitrogens is 2. The summed E-state index contributed by atoms with van der Waals surface area (Å²) in [6.45, 7) is 7.86. The summed E-state index contributed by atoms with van der Waals surface area (Å²) in [6, 6.07) is 14.7. The highest BCUT2D eigenvalue weighted by Gasteiger charge is 2.15. The van der Waals surface area contributed by atoms with E-state index in [1.54, 1.807) is 38.1 Å². The smallest absolute Gasteiger partial charge is 0.338 e. The van der Waals surface area contributed by atoms with Crippen LogP contribution in [0.2, 0.25) is 0 Å². The van der Waals surface area contributed by atoms with Crippen molar-refractivity contribution in [3.63, 3.8) is 0 Å². The number of thiophene rings is 1. The van der Waals surface area contributed by atoms with Crippen molar-refractivity contribution in [1.82, 2.24) is 9.97 Å². The molecule has 9 heteroatoms. The first-order valence-corrected chi connectivity index (χ1v) is 13.4. The van der Waals surface area contributed by atoms with E-state index in [-0.39, 0.29) is 23.3 Å². The number of benzene rings is 2. The van der Waals surface area contributed by atoms with Crippen molar-refractivity contribution >= 4 is 50.9 Å². The van der Waals surface area contributed by atoms with Crippen molar-refractivity contribution in [1.29, 1.82) is 0 Å². The molecule has 36 heavy (non-hydrogen) atoms. The van der Waals surface area contributed by atoms with Crippen LogP contribution in [0.5, 0.6) is 0 Å². The van der Waals surface area contributed by atoms with E-state index in [1.165, 1.54) is 16.9 Å². The predicted molar refractivity (Wildman–Crippen MR) is 146 cm³/mol. The van der Waals surface area contributed by atoms with E-state index in [0.29, 0.717) is 32.5 Å². The number of nitrogens with zero attached hydrogens (tertiary/aromatic N) is 1. The second-order valence-electron chi connectivity index (χ2n) is 8.85. The van der Waals surface area contributed by atoms with Gasteiger partial charge in [-0.05, 0) is 55.2 Å². The number of aromatic amines is 1. The fourth-order valence-corrected chi connectivity index (χ4v) is 5.23. The Labute approximate surface area is 217 Å². The SMILES string of the molecule is CC(C)OC(=O)c1ccc(NC(=O)CSc2nc3scc(-c4ccc(C(C)C)cc4)c3c(=O)[nH]2)cc1. The molecule has 186 valence electrons. The second-order valence-corrected chi connectivity index (χ2v) is 10.7. The molecule has 0 aliphatic carbocycles. The van der Waals surface area contributed by atoms with Crippen molar-refractivity contribution in [3.05, 3.63) is 75.4 Å². The molecule has 0 saturated heterocycles. The van der Waals surface area contributed by atoms with Crippen molar-refractivity contribution in [2.24, 2.45) is 0 Å². The lowest BCUT2D eigenvalue weighted by molar-refractivity contribution is -0.113. The van der Waals surface area contributed by atoms with Crippen molar-refractivity contribution < 1.29 is 14.3 Å². The van der Waals surface area contributed by atoms with Crippen LogP contribution in [0.3, 0.4) is 0 Å². The number of carbonyl (C=O) groups excluding carboxylic acids is 2. The van der Waals surface area contributed by atoms with Crippen LogP contribution in [0.1, 0.15) is 49.5 Å². The molecule has 0 bridgehead atoms. The molecular formula is C27H27N3O4S2. The van der Waals surface area contributed by atoms with Crippen LogP contribution in [0.15, 0.2) is 63.9 Å². The molecular weight excluding hydrogens is 494 g/mol. The van der Waals surface area contributed by atoms with Crippen LogP contribution >= 0.6 is 23.1 Å². The van der Waals surface area contributed by atoms with Gasteiger partial charge in [-0.15, -0.1) is 11.3 Å². The van der Waals surface area contributed by atoms with Gasteiger partial charge < -0.3 is 15.0 Å². The Bertz CT molecular complexity index is 1440. The number of H-pyrrole nitrogens is 1. The van der Waals surface area contributed by atoms with Gasteiger partial charge in [0.15, 0.2) is 5.16 Å². The predicted octanol–water partition coefficient (Wildman–Crippen LogP) is 6.07. The highest BCUT2D eigenvalue weighted by atomic mass is 32.2. The number of nitrogens with one attached hydrogen (secondary N) is 2. The molecule has 0 spiro atoms. The Kier molecular flexibility index (Phi) is 7.91. The summed E-state index contributed by atoms with van der Waals surface area (Å²) in [7, 11) is 0. The number of rotatable bonds is 8. The summed E-state index contributed by atoms with van der Waals surface area (Å²) in [5.41, 5.74) is 3.82. The topological polar surface area (TPSA) is 101 Å². The van der Waals surface area contributed by atoms with E-state index < -0.39 is 5.97 Å². The summed E-state index contributed by atoms with van der Waals surface area (Å²) in [5, 5.41) is 5.67. The Morgan fingerprint density at radius 1 is 1.06 bits per heavy atom. The van der Waals surface area contributed by atoms with Gasteiger partial charge in [-0.1, -0.05) is 49.9 Å². The van der Waals surface area contributed by atoms with Gasteiger partial charge >= 0.3 is 5.97 Å². The lowest BCUT2D eigenvalue weighted by Crippen LogP contribution is -2.16. The number of thioether (sulfide) groups is 1. The highest BCUT2D eigenvalue weighted by Crippen LogP contribution is 2.32. The highest BCUT2D eigenvalue weighted by molar-refractivity contribution is 7.99. The van der Waals surface area contributed by atoms with Crippen LogP contribution in [-0.2, 0) is 9.53 Å².